The molecule has 110 valence electrons. The molecule has 2 aromatic carbocycles. The van der Waals surface area contributed by atoms with Crippen LogP contribution in [0.25, 0.3) is 11.6 Å². The van der Waals surface area contributed by atoms with E-state index < -0.39 is 0 Å². The van der Waals surface area contributed by atoms with Crippen molar-refractivity contribution in [2.75, 3.05) is 0 Å². The summed E-state index contributed by atoms with van der Waals surface area (Å²) in [4.78, 5) is 0. The number of hydrogen-bond acceptors (Lipinski definition) is 3. The van der Waals surface area contributed by atoms with Crippen molar-refractivity contribution in [1.29, 1.82) is 0 Å². The van der Waals surface area contributed by atoms with Crippen molar-refractivity contribution in [2.45, 2.75) is 0 Å². The summed E-state index contributed by atoms with van der Waals surface area (Å²) in [5.74, 6) is -0.0892. The fourth-order valence-electron chi connectivity index (χ4n) is 2.08. The summed E-state index contributed by atoms with van der Waals surface area (Å²) in [5, 5.41) is 11.3. The number of halogens is 2. The molecule has 1 aromatic heterocycles. The zero-order chi connectivity index (χ0) is 15.5. The van der Waals surface area contributed by atoms with Crippen molar-refractivity contribution in [3.05, 3.63) is 77.1 Å². The van der Waals surface area contributed by atoms with Crippen molar-refractivity contribution in [3.63, 3.8) is 0 Å². The maximum atomic E-state index is 13.1. The molecule has 4 nitrogen and oxygen atoms in total. The predicted molar refractivity (Wildman–Crippen MR) is 78.6 cm³/mol. The van der Waals surface area contributed by atoms with Crippen LogP contribution >= 0.6 is 0 Å². The van der Waals surface area contributed by atoms with Crippen molar-refractivity contribution in [3.8, 4) is 0 Å². The van der Waals surface area contributed by atoms with Crippen LogP contribution in [0.4, 0.5) is 8.78 Å². The van der Waals surface area contributed by atoms with Gasteiger partial charge >= 0.3 is 0 Å². The molecule has 3 rings (SSSR count). The van der Waals surface area contributed by atoms with Gasteiger partial charge in [-0.1, -0.05) is 24.3 Å². The van der Waals surface area contributed by atoms with Crippen molar-refractivity contribution >= 4 is 11.6 Å². The Bertz CT molecular complexity index is 757. The van der Waals surface area contributed by atoms with Gasteiger partial charge in [0.2, 0.25) is 0 Å². The zero-order valence-corrected chi connectivity index (χ0v) is 11.7. The highest BCUT2D eigenvalue weighted by molar-refractivity contribution is 5.90. The van der Waals surface area contributed by atoms with Gasteiger partial charge < -0.3 is 0 Å². The Morgan fingerprint density at radius 3 is 1.82 bits per heavy atom. The minimum atomic E-state index is -0.317. The molecule has 1 heterocycles. The first-order valence-corrected chi connectivity index (χ1v) is 6.59. The van der Waals surface area contributed by atoms with E-state index in [1.807, 2.05) is 0 Å². The molecular weight excluding hydrogens is 286 g/mol. The monoisotopic (exact) mass is 298 g/mol. The largest absolute Gasteiger partial charge is 0.229 e. The normalized spacial score (nSPS) is 10.5. The molecule has 6 heteroatoms. The highest BCUT2D eigenvalue weighted by atomic mass is 19.1. The third kappa shape index (κ3) is 2.90. The van der Waals surface area contributed by atoms with Crippen LogP contribution in [0.5, 0.6) is 0 Å². The third-order valence-corrected chi connectivity index (χ3v) is 3.24. The molecule has 0 bridgehead atoms. The molecule has 0 spiro atoms. The van der Waals surface area contributed by atoms with E-state index in [9.17, 15) is 8.78 Å². The summed E-state index contributed by atoms with van der Waals surface area (Å²) in [7, 11) is 1.72. The summed E-state index contributed by atoms with van der Waals surface area (Å²) < 4.78 is 27.8. The molecule has 0 radical (unpaired) electrons. The first-order valence-electron chi connectivity index (χ1n) is 6.59. The minimum Gasteiger partial charge on any atom is -0.229 e. The second kappa shape index (κ2) is 5.85. The van der Waals surface area contributed by atoms with Gasteiger partial charge in [0, 0.05) is 7.05 Å². The van der Waals surface area contributed by atoms with E-state index >= 15 is 0 Å². The molecule has 0 unspecified atom stereocenters. The van der Waals surface area contributed by atoms with Crippen LogP contribution in [0.2, 0.25) is 0 Å². The molecule has 0 N–H and O–H groups in total. The van der Waals surface area contributed by atoms with Crippen LogP contribution in [0.3, 0.4) is 0 Å². The van der Waals surface area contributed by atoms with Gasteiger partial charge in [-0.2, -0.15) is 0 Å². The van der Waals surface area contributed by atoms with Gasteiger partial charge in [-0.25, -0.2) is 13.5 Å². The van der Waals surface area contributed by atoms with E-state index in [-0.39, 0.29) is 11.6 Å². The number of aromatic nitrogens is 4. The molecule has 3 aromatic rings. The molecular formula is C16H12F2N4. The van der Waals surface area contributed by atoms with Gasteiger partial charge in [0.15, 0.2) is 5.82 Å². The maximum Gasteiger partial charge on any atom is 0.175 e. The molecule has 0 aliphatic carbocycles. The summed E-state index contributed by atoms with van der Waals surface area (Å²) in [5.41, 5.74) is 2.35. The Kier molecular flexibility index (Phi) is 3.74. The van der Waals surface area contributed by atoms with Crippen LogP contribution in [0.1, 0.15) is 17.0 Å². The van der Waals surface area contributed by atoms with E-state index in [2.05, 4.69) is 15.5 Å². The molecule has 0 atom stereocenters. The lowest BCUT2D eigenvalue weighted by atomic mass is 9.97. The average molecular weight is 298 g/mol. The van der Waals surface area contributed by atoms with Crippen LogP contribution in [0, 0.1) is 11.6 Å². The standard InChI is InChI=1S/C16H12F2N4/c1-22-16(19-20-21-22)10-15(11-2-6-13(17)7-3-11)12-4-8-14(18)9-5-12/h2-10H,1H3. The van der Waals surface area contributed by atoms with E-state index in [1.165, 1.54) is 28.9 Å². The Labute approximate surface area is 125 Å². The summed E-state index contributed by atoms with van der Waals surface area (Å²) in [6, 6.07) is 12.2. The highest BCUT2D eigenvalue weighted by Crippen LogP contribution is 2.25. The van der Waals surface area contributed by atoms with Gasteiger partial charge in [0.05, 0.1) is 0 Å². The fourth-order valence-corrected chi connectivity index (χ4v) is 2.08. The number of benzene rings is 2. The Balaban J connectivity index is 2.13. The van der Waals surface area contributed by atoms with Gasteiger partial charge in [-0.15, -0.1) is 5.10 Å². The number of rotatable bonds is 3. The first kappa shape index (κ1) is 14.1. The van der Waals surface area contributed by atoms with E-state index in [0.717, 1.165) is 16.7 Å². The lowest BCUT2D eigenvalue weighted by Crippen LogP contribution is -1.96. The second-order valence-electron chi connectivity index (χ2n) is 4.73. The molecule has 0 saturated heterocycles. The molecule has 0 fully saturated rings. The molecule has 0 aliphatic heterocycles. The van der Waals surface area contributed by atoms with E-state index in [1.54, 1.807) is 37.4 Å². The van der Waals surface area contributed by atoms with E-state index in [4.69, 9.17) is 0 Å². The number of aryl methyl sites for hydroxylation is 1. The van der Waals surface area contributed by atoms with Crippen molar-refractivity contribution in [2.24, 2.45) is 7.05 Å². The lowest BCUT2D eigenvalue weighted by molar-refractivity contribution is 0.627. The predicted octanol–water partition coefficient (Wildman–Crippen LogP) is 3.08. The minimum absolute atomic E-state index is 0.317. The van der Waals surface area contributed by atoms with Gasteiger partial charge in [0.1, 0.15) is 11.6 Å². The van der Waals surface area contributed by atoms with Gasteiger partial charge in [-0.3, -0.25) is 0 Å². The summed E-state index contributed by atoms with van der Waals surface area (Å²) in [6.07, 6.45) is 1.78. The number of tetrazole rings is 1. The SMILES string of the molecule is Cn1nnnc1C=C(c1ccc(F)cc1)c1ccc(F)cc1. The first-order chi connectivity index (χ1) is 10.6. The van der Waals surface area contributed by atoms with Gasteiger partial charge in [0.25, 0.3) is 0 Å². The van der Waals surface area contributed by atoms with Crippen molar-refractivity contribution in [1.82, 2.24) is 20.2 Å². The highest BCUT2D eigenvalue weighted by Gasteiger charge is 2.09. The number of hydrogen-bond donors (Lipinski definition) is 0. The summed E-state index contributed by atoms with van der Waals surface area (Å²) in [6.45, 7) is 0. The molecule has 0 saturated carbocycles. The topological polar surface area (TPSA) is 43.6 Å². The quantitative estimate of drug-likeness (QED) is 0.746. The zero-order valence-electron chi connectivity index (χ0n) is 11.7. The second-order valence-corrected chi connectivity index (χ2v) is 4.73. The number of nitrogens with zero attached hydrogens (tertiary/aromatic N) is 4. The smallest absolute Gasteiger partial charge is 0.175 e. The van der Waals surface area contributed by atoms with E-state index in [0.29, 0.717) is 5.82 Å². The van der Waals surface area contributed by atoms with Crippen molar-refractivity contribution < 1.29 is 8.78 Å². The van der Waals surface area contributed by atoms with Crippen LogP contribution in [-0.4, -0.2) is 20.2 Å². The van der Waals surface area contributed by atoms with Crippen LogP contribution < -0.4 is 0 Å². The average Bonchev–Trinajstić information content (AvgIpc) is 2.92. The third-order valence-electron chi connectivity index (χ3n) is 3.24. The fraction of sp³-hybridized carbons (Fsp3) is 0.0625. The molecule has 0 aliphatic rings. The molecule has 22 heavy (non-hydrogen) atoms. The Morgan fingerprint density at radius 1 is 0.909 bits per heavy atom. The van der Waals surface area contributed by atoms with Crippen LogP contribution in [0.15, 0.2) is 48.5 Å². The maximum absolute atomic E-state index is 13.1. The van der Waals surface area contributed by atoms with Crippen LogP contribution in [-0.2, 0) is 7.05 Å². The molecule has 0 amide bonds. The Morgan fingerprint density at radius 2 is 1.41 bits per heavy atom. The summed E-state index contributed by atoms with van der Waals surface area (Å²) >= 11 is 0. The Hall–Kier alpha value is -2.89. The van der Waals surface area contributed by atoms with Gasteiger partial charge in [-0.05, 0) is 57.5 Å². The lowest BCUT2D eigenvalue weighted by Gasteiger charge is -2.08.